The molecule has 0 aliphatic carbocycles. The number of hydrogen-bond donors (Lipinski definition) is 0. The van der Waals surface area contributed by atoms with Gasteiger partial charge in [-0.25, -0.2) is 4.99 Å². The van der Waals surface area contributed by atoms with E-state index in [-0.39, 0.29) is 6.10 Å². The maximum Gasteiger partial charge on any atom is 0.163 e. The van der Waals surface area contributed by atoms with Crippen molar-refractivity contribution < 1.29 is 14.2 Å². The first-order chi connectivity index (χ1) is 14.1. The van der Waals surface area contributed by atoms with Crippen molar-refractivity contribution in [1.29, 1.82) is 0 Å². The van der Waals surface area contributed by atoms with Crippen molar-refractivity contribution in [2.75, 3.05) is 13.2 Å². The highest BCUT2D eigenvalue weighted by molar-refractivity contribution is 6.13. The van der Waals surface area contributed by atoms with Gasteiger partial charge in [0.05, 0.1) is 18.0 Å². The van der Waals surface area contributed by atoms with E-state index in [4.69, 9.17) is 19.2 Å². The molecule has 0 radical (unpaired) electrons. The minimum atomic E-state index is -0.541. The lowest BCUT2D eigenvalue weighted by Gasteiger charge is -2.17. The van der Waals surface area contributed by atoms with Crippen molar-refractivity contribution in [1.82, 2.24) is 0 Å². The summed E-state index contributed by atoms with van der Waals surface area (Å²) in [5.41, 5.74) is 3.92. The number of rotatable bonds is 6. The maximum atomic E-state index is 5.94. The SMILES string of the molecule is CC1(C)OC[C@@H](COc2cccc(N=C(c3ccccc3)c3ccccc3)c2)O1. The molecule has 0 amide bonds. The number of ether oxygens (including phenoxy) is 3. The van der Waals surface area contributed by atoms with Crippen LogP contribution in [0.1, 0.15) is 25.0 Å². The Kier molecular flexibility index (Phi) is 5.74. The number of benzene rings is 3. The summed E-state index contributed by atoms with van der Waals surface area (Å²) in [6.07, 6.45) is -0.0682. The van der Waals surface area contributed by atoms with Crippen molar-refractivity contribution in [3.8, 4) is 5.75 Å². The van der Waals surface area contributed by atoms with E-state index in [0.717, 1.165) is 28.3 Å². The first-order valence-electron chi connectivity index (χ1n) is 9.83. The second kappa shape index (κ2) is 8.60. The van der Waals surface area contributed by atoms with Gasteiger partial charge in [0.25, 0.3) is 0 Å². The summed E-state index contributed by atoms with van der Waals surface area (Å²) in [4.78, 5) is 4.94. The summed E-state index contributed by atoms with van der Waals surface area (Å²) in [5, 5.41) is 0. The predicted molar refractivity (Wildman–Crippen MR) is 115 cm³/mol. The third-order valence-corrected chi connectivity index (χ3v) is 4.66. The Labute approximate surface area is 171 Å². The second-order valence-electron chi connectivity index (χ2n) is 7.45. The molecule has 1 heterocycles. The zero-order valence-corrected chi connectivity index (χ0v) is 16.7. The average Bonchev–Trinajstić information content (AvgIpc) is 3.11. The lowest BCUT2D eigenvalue weighted by molar-refractivity contribution is -0.141. The summed E-state index contributed by atoms with van der Waals surface area (Å²) >= 11 is 0. The van der Waals surface area contributed by atoms with E-state index in [9.17, 15) is 0 Å². The largest absolute Gasteiger partial charge is 0.491 e. The molecule has 0 bridgehead atoms. The van der Waals surface area contributed by atoms with E-state index in [2.05, 4.69) is 24.3 Å². The minimum absolute atomic E-state index is 0.0682. The molecule has 148 valence electrons. The molecule has 0 aromatic heterocycles. The molecule has 1 saturated heterocycles. The zero-order valence-electron chi connectivity index (χ0n) is 16.7. The van der Waals surface area contributed by atoms with Crippen molar-refractivity contribution >= 4 is 11.4 Å². The second-order valence-corrected chi connectivity index (χ2v) is 7.45. The van der Waals surface area contributed by atoms with Gasteiger partial charge < -0.3 is 14.2 Å². The first-order valence-corrected chi connectivity index (χ1v) is 9.83. The van der Waals surface area contributed by atoms with Crippen molar-refractivity contribution in [2.45, 2.75) is 25.7 Å². The van der Waals surface area contributed by atoms with E-state index < -0.39 is 5.79 Å². The average molecular weight is 387 g/mol. The van der Waals surface area contributed by atoms with Crippen LogP contribution in [0.3, 0.4) is 0 Å². The number of hydrogen-bond acceptors (Lipinski definition) is 4. The Hall–Kier alpha value is -2.95. The maximum absolute atomic E-state index is 5.94. The molecule has 1 fully saturated rings. The Bertz CT molecular complexity index is 926. The number of nitrogens with zero attached hydrogens (tertiary/aromatic N) is 1. The lowest BCUT2D eigenvalue weighted by atomic mass is 10.0. The minimum Gasteiger partial charge on any atom is -0.491 e. The first kappa shape index (κ1) is 19.4. The van der Waals surface area contributed by atoms with Crippen LogP contribution in [0.25, 0.3) is 0 Å². The quantitative estimate of drug-likeness (QED) is 0.533. The van der Waals surface area contributed by atoms with Crippen molar-refractivity contribution in [3.05, 3.63) is 96.1 Å². The Morgan fingerprint density at radius 1 is 0.931 bits per heavy atom. The normalized spacial score (nSPS) is 17.7. The number of aliphatic imine (C=N–C) groups is 1. The van der Waals surface area contributed by atoms with Gasteiger partial charge in [-0.05, 0) is 26.0 Å². The highest BCUT2D eigenvalue weighted by atomic mass is 16.7. The van der Waals surface area contributed by atoms with E-state index in [1.807, 2.05) is 74.5 Å². The fourth-order valence-corrected chi connectivity index (χ4v) is 3.29. The monoisotopic (exact) mass is 387 g/mol. The molecule has 3 aromatic rings. The van der Waals surface area contributed by atoms with Crippen LogP contribution in [0.2, 0.25) is 0 Å². The van der Waals surface area contributed by atoms with Gasteiger partial charge in [-0.3, -0.25) is 0 Å². The van der Waals surface area contributed by atoms with Gasteiger partial charge in [0, 0.05) is 17.2 Å². The molecule has 4 nitrogen and oxygen atoms in total. The Balaban J connectivity index is 1.56. The van der Waals surface area contributed by atoms with Gasteiger partial charge in [0.2, 0.25) is 0 Å². The molecule has 1 aliphatic rings. The summed E-state index contributed by atoms with van der Waals surface area (Å²) in [5.74, 6) is 0.223. The van der Waals surface area contributed by atoms with Crippen molar-refractivity contribution in [2.24, 2.45) is 4.99 Å². The summed E-state index contributed by atoms with van der Waals surface area (Å²) in [7, 11) is 0. The van der Waals surface area contributed by atoms with Crippen LogP contribution in [0.4, 0.5) is 5.69 Å². The van der Waals surface area contributed by atoms with Gasteiger partial charge in [-0.2, -0.15) is 0 Å². The zero-order chi connectivity index (χ0) is 20.1. The molecular weight excluding hydrogens is 362 g/mol. The standard InChI is InChI=1S/C25H25NO3/c1-25(2)28-18-23(29-25)17-27-22-15-9-14-21(16-22)26-24(19-10-5-3-6-11-19)20-12-7-4-8-13-20/h3-16,23H,17-18H2,1-2H3/t23-/m1/s1. The van der Waals surface area contributed by atoms with Gasteiger partial charge in [-0.15, -0.1) is 0 Å². The van der Waals surface area contributed by atoms with Gasteiger partial charge in [0.15, 0.2) is 5.79 Å². The molecule has 1 atom stereocenters. The van der Waals surface area contributed by atoms with Gasteiger partial charge >= 0.3 is 0 Å². The van der Waals surface area contributed by atoms with Crippen LogP contribution in [-0.2, 0) is 9.47 Å². The van der Waals surface area contributed by atoms with Crippen LogP contribution >= 0.6 is 0 Å². The van der Waals surface area contributed by atoms with Crippen molar-refractivity contribution in [3.63, 3.8) is 0 Å². The molecule has 0 saturated carbocycles. The van der Waals surface area contributed by atoms with Gasteiger partial charge in [0.1, 0.15) is 18.5 Å². The fraction of sp³-hybridized carbons (Fsp3) is 0.240. The molecule has 29 heavy (non-hydrogen) atoms. The van der Waals surface area contributed by atoms with Gasteiger partial charge in [-0.1, -0.05) is 66.7 Å². The smallest absolute Gasteiger partial charge is 0.163 e. The fourth-order valence-electron chi connectivity index (χ4n) is 3.29. The summed E-state index contributed by atoms with van der Waals surface area (Å²) in [6.45, 7) is 4.81. The molecule has 1 aliphatic heterocycles. The summed E-state index contributed by atoms with van der Waals surface area (Å²) in [6, 6.07) is 28.3. The molecule has 0 spiro atoms. The van der Waals surface area contributed by atoms with Crippen LogP contribution in [-0.4, -0.2) is 30.8 Å². The Morgan fingerprint density at radius 3 is 2.17 bits per heavy atom. The van der Waals surface area contributed by atoms with Crippen LogP contribution in [0, 0.1) is 0 Å². The van der Waals surface area contributed by atoms with E-state index in [0.29, 0.717) is 13.2 Å². The van der Waals surface area contributed by atoms with Crippen LogP contribution in [0.15, 0.2) is 89.9 Å². The predicted octanol–water partition coefficient (Wildman–Crippen LogP) is 5.39. The molecule has 0 N–H and O–H groups in total. The van der Waals surface area contributed by atoms with E-state index >= 15 is 0 Å². The molecule has 4 rings (SSSR count). The van der Waals surface area contributed by atoms with Crippen LogP contribution < -0.4 is 4.74 Å². The molecule has 0 unspecified atom stereocenters. The summed E-state index contributed by atoms with van der Waals surface area (Å²) < 4.78 is 17.3. The third kappa shape index (κ3) is 5.11. The highest BCUT2D eigenvalue weighted by Crippen LogP contribution is 2.25. The third-order valence-electron chi connectivity index (χ3n) is 4.66. The van der Waals surface area contributed by atoms with E-state index in [1.165, 1.54) is 0 Å². The van der Waals surface area contributed by atoms with Crippen LogP contribution in [0.5, 0.6) is 5.75 Å². The molecule has 3 aromatic carbocycles. The topological polar surface area (TPSA) is 40.0 Å². The Morgan fingerprint density at radius 2 is 1.59 bits per heavy atom. The molecule has 4 heteroatoms. The van der Waals surface area contributed by atoms with E-state index in [1.54, 1.807) is 0 Å². The molecular formula is C25H25NO3. The lowest BCUT2D eigenvalue weighted by Crippen LogP contribution is -2.25. The highest BCUT2D eigenvalue weighted by Gasteiger charge is 2.32.